The highest BCUT2D eigenvalue weighted by atomic mass is 32.1. The molecule has 0 radical (unpaired) electrons. The van der Waals surface area contributed by atoms with Gasteiger partial charge in [0.15, 0.2) is 0 Å². The third-order valence-corrected chi connectivity index (χ3v) is 5.27. The van der Waals surface area contributed by atoms with Crippen LogP contribution in [0.15, 0.2) is 89.9 Å². The maximum absolute atomic E-state index is 4.83. The van der Waals surface area contributed by atoms with Gasteiger partial charge in [0, 0.05) is 11.1 Å². The lowest BCUT2D eigenvalue weighted by atomic mass is 10.0. The first-order valence-electron chi connectivity index (χ1n) is 9.17. The molecule has 5 rings (SSSR count). The third-order valence-electron chi connectivity index (χ3n) is 4.46. The number of benzene rings is 3. The molecule has 5 aromatic rings. The van der Waals surface area contributed by atoms with Crippen LogP contribution in [0.2, 0.25) is 0 Å². The van der Waals surface area contributed by atoms with Gasteiger partial charge in [-0.15, -0.1) is 15.3 Å². The van der Waals surface area contributed by atoms with E-state index in [1.165, 1.54) is 11.3 Å². The zero-order valence-corrected chi connectivity index (χ0v) is 16.2. The topological polar surface area (TPSA) is 68.8 Å². The maximum Gasteiger partial charge on any atom is 0.232 e. The number of hydrogen-bond acceptors (Lipinski definition) is 6. The van der Waals surface area contributed by atoms with Crippen molar-refractivity contribution in [1.29, 1.82) is 0 Å². The lowest BCUT2D eigenvalue weighted by molar-refractivity contribution is 0.662. The van der Waals surface area contributed by atoms with Crippen molar-refractivity contribution in [3.8, 4) is 0 Å². The molecule has 0 unspecified atom stereocenters. The first-order valence-corrected chi connectivity index (χ1v) is 9.98. The van der Waals surface area contributed by atoms with Crippen molar-refractivity contribution < 1.29 is 0 Å². The molecule has 0 bridgehead atoms. The zero-order valence-electron chi connectivity index (χ0n) is 15.4. The Bertz CT molecular complexity index is 1230. The van der Waals surface area contributed by atoms with Gasteiger partial charge in [-0.05, 0) is 12.1 Å². The molecule has 140 valence electrons. The van der Waals surface area contributed by atoms with Gasteiger partial charge in [-0.25, -0.2) is 9.67 Å². The molecule has 2 aromatic heterocycles. The number of aromatic nitrogens is 5. The highest BCUT2D eigenvalue weighted by Gasteiger charge is 2.11. The van der Waals surface area contributed by atoms with E-state index in [9.17, 15) is 0 Å². The van der Waals surface area contributed by atoms with Crippen LogP contribution in [-0.2, 0) is 6.54 Å². The standard InChI is InChI=1S/C22H16N6S/c1-3-9-16(10-4-1)21(17-11-5-2-6-12-17)23-22-26-25-20(29-22)15-28-19-14-8-7-13-18(19)24-27-28/h1-14H,15H2. The predicted molar refractivity (Wildman–Crippen MR) is 115 cm³/mol. The van der Waals surface area contributed by atoms with Gasteiger partial charge >= 0.3 is 0 Å². The molecule has 0 atom stereocenters. The smallest absolute Gasteiger partial charge is 0.232 e. The molecule has 0 aliphatic rings. The van der Waals surface area contributed by atoms with Crippen molar-refractivity contribution in [1.82, 2.24) is 25.2 Å². The number of fused-ring (bicyclic) bond motifs is 1. The summed E-state index contributed by atoms with van der Waals surface area (Å²) in [5.74, 6) is 0. The molecule has 7 heteroatoms. The van der Waals surface area contributed by atoms with E-state index in [0.29, 0.717) is 11.7 Å². The van der Waals surface area contributed by atoms with Gasteiger partial charge in [0.25, 0.3) is 0 Å². The van der Waals surface area contributed by atoms with Crippen molar-refractivity contribution in [2.45, 2.75) is 6.54 Å². The van der Waals surface area contributed by atoms with E-state index >= 15 is 0 Å². The van der Waals surface area contributed by atoms with Crippen molar-refractivity contribution in [3.63, 3.8) is 0 Å². The van der Waals surface area contributed by atoms with Crippen LogP contribution >= 0.6 is 11.3 Å². The van der Waals surface area contributed by atoms with Crippen LogP contribution in [0.1, 0.15) is 16.1 Å². The lowest BCUT2D eigenvalue weighted by Gasteiger charge is -2.06. The molecule has 6 nitrogen and oxygen atoms in total. The fourth-order valence-electron chi connectivity index (χ4n) is 3.10. The van der Waals surface area contributed by atoms with Gasteiger partial charge in [0.05, 0.1) is 17.8 Å². The molecule has 3 aromatic carbocycles. The van der Waals surface area contributed by atoms with Crippen molar-refractivity contribution in [3.05, 3.63) is 101 Å². The summed E-state index contributed by atoms with van der Waals surface area (Å²) in [6.45, 7) is 0.514. The van der Waals surface area contributed by atoms with Gasteiger partial charge in [-0.1, -0.05) is 89.3 Å². The Morgan fingerprint density at radius 3 is 2.14 bits per heavy atom. The minimum Gasteiger partial charge on any atom is -0.238 e. The Morgan fingerprint density at radius 1 is 0.759 bits per heavy atom. The fourth-order valence-corrected chi connectivity index (χ4v) is 3.80. The van der Waals surface area contributed by atoms with Crippen LogP contribution in [-0.4, -0.2) is 30.9 Å². The normalized spacial score (nSPS) is 10.9. The van der Waals surface area contributed by atoms with E-state index in [4.69, 9.17) is 4.99 Å². The van der Waals surface area contributed by atoms with Gasteiger partial charge < -0.3 is 0 Å². The molecule has 2 heterocycles. The fraction of sp³-hybridized carbons (Fsp3) is 0.0455. The van der Waals surface area contributed by atoms with Crippen LogP contribution in [0.25, 0.3) is 11.0 Å². The SMILES string of the molecule is c1ccc(C(=Nc2nnc(Cn3nnc4ccccc43)s2)c2ccccc2)cc1. The Kier molecular flexibility index (Phi) is 4.63. The Morgan fingerprint density at radius 2 is 1.41 bits per heavy atom. The molecule has 0 fully saturated rings. The van der Waals surface area contributed by atoms with Gasteiger partial charge in [0.2, 0.25) is 5.13 Å². The maximum atomic E-state index is 4.83. The number of aliphatic imine (C=N–C) groups is 1. The quantitative estimate of drug-likeness (QED) is 0.410. The Hall–Kier alpha value is -3.71. The van der Waals surface area contributed by atoms with Crippen LogP contribution < -0.4 is 0 Å². The van der Waals surface area contributed by atoms with E-state index in [2.05, 4.69) is 44.8 Å². The van der Waals surface area contributed by atoms with Crippen molar-refractivity contribution >= 4 is 33.2 Å². The zero-order chi connectivity index (χ0) is 19.5. The van der Waals surface area contributed by atoms with Gasteiger partial charge in [-0.3, -0.25) is 0 Å². The Balaban J connectivity index is 1.48. The second kappa shape index (κ2) is 7.73. The summed E-state index contributed by atoms with van der Waals surface area (Å²) in [4.78, 5) is 4.83. The number of rotatable bonds is 5. The summed E-state index contributed by atoms with van der Waals surface area (Å²) in [6.07, 6.45) is 0. The van der Waals surface area contributed by atoms with Crippen LogP contribution in [0.4, 0.5) is 5.13 Å². The van der Waals surface area contributed by atoms with E-state index in [1.807, 2.05) is 65.3 Å². The minimum atomic E-state index is 0.514. The minimum absolute atomic E-state index is 0.514. The molecular formula is C22H16N6S. The summed E-state index contributed by atoms with van der Waals surface area (Å²) in [6, 6.07) is 28.1. The second-order valence-corrected chi connectivity index (χ2v) is 7.45. The molecule has 29 heavy (non-hydrogen) atoms. The van der Waals surface area contributed by atoms with Crippen LogP contribution in [0.3, 0.4) is 0 Å². The number of nitrogens with zero attached hydrogens (tertiary/aromatic N) is 6. The third kappa shape index (κ3) is 3.68. The molecular weight excluding hydrogens is 380 g/mol. The molecule has 0 amide bonds. The molecule has 0 saturated heterocycles. The molecule has 0 N–H and O–H groups in total. The summed E-state index contributed by atoms with van der Waals surface area (Å²) in [5.41, 5.74) is 4.79. The van der Waals surface area contributed by atoms with Crippen LogP contribution in [0.5, 0.6) is 0 Å². The predicted octanol–water partition coefficient (Wildman–Crippen LogP) is 4.50. The molecule has 0 aliphatic carbocycles. The monoisotopic (exact) mass is 396 g/mol. The number of para-hydroxylation sites is 1. The second-order valence-electron chi connectivity index (χ2n) is 6.41. The van der Waals surface area contributed by atoms with E-state index in [-0.39, 0.29) is 0 Å². The highest BCUT2D eigenvalue weighted by molar-refractivity contribution is 7.15. The molecule has 0 aliphatic heterocycles. The Labute approximate surface area is 171 Å². The summed E-state index contributed by atoms with van der Waals surface area (Å²) < 4.78 is 1.83. The van der Waals surface area contributed by atoms with Crippen LogP contribution in [0, 0.1) is 0 Å². The average Bonchev–Trinajstić information content (AvgIpc) is 3.41. The van der Waals surface area contributed by atoms with Gasteiger partial charge in [-0.2, -0.15) is 0 Å². The first-order chi connectivity index (χ1) is 14.4. The summed E-state index contributed by atoms with van der Waals surface area (Å²) >= 11 is 1.46. The van der Waals surface area contributed by atoms with Gasteiger partial charge in [0.1, 0.15) is 10.5 Å². The summed E-state index contributed by atoms with van der Waals surface area (Å²) in [7, 11) is 0. The largest absolute Gasteiger partial charge is 0.238 e. The molecule has 0 spiro atoms. The van der Waals surface area contributed by atoms with Crippen molar-refractivity contribution in [2.75, 3.05) is 0 Å². The lowest BCUT2D eigenvalue weighted by Crippen LogP contribution is -2.02. The van der Waals surface area contributed by atoms with E-state index in [1.54, 1.807) is 0 Å². The highest BCUT2D eigenvalue weighted by Crippen LogP contribution is 2.23. The average molecular weight is 396 g/mol. The van der Waals surface area contributed by atoms with E-state index < -0.39 is 0 Å². The summed E-state index contributed by atoms with van der Waals surface area (Å²) in [5, 5.41) is 18.5. The van der Waals surface area contributed by atoms with Crippen molar-refractivity contribution in [2.24, 2.45) is 4.99 Å². The molecule has 0 saturated carbocycles. The number of hydrogen-bond donors (Lipinski definition) is 0. The van der Waals surface area contributed by atoms with E-state index in [0.717, 1.165) is 32.9 Å². The first kappa shape index (κ1) is 17.4.